The van der Waals surface area contributed by atoms with Gasteiger partial charge >= 0.3 is 0 Å². The van der Waals surface area contributed by atoms with Crippen LogP contribution in [0.25, 0.3) is 0 Å². The molecule has 1 amide bonds. The number of halogens is 1. The molecule has 0 aliphatic heterocycles. The molecule has 0 fully saturated rings. The second-order valence-corrected chi connectivity index (χ2v) is 3.34. The predicted octanol–water partition coefficient (Wildman–Crippen LogP) is 1.56. The summed E-state index contributed by atoms with van der Waals surface area (Å²) in [5.74, 6) is 0.00639. The van der Waals surface area contributed by atoms with Gasteiger partial charge in [-0.3, -0.25) is 4.79 Å². The first-order valence-electron chi connectivity index (χ1n) is 3.70. The first kappa shape index (κ1) is 9.32. The van der Waals surface area contributed by atoms with Crippen LogP contribution in [0.3, 0.4) is 0 Å². The van der Waals surface area contributed by atoms with Crippen molar-refractivity contribution in [3.05, 3.63) is 22.9 Å². The van der Waals surface area contributed by atoms with Gasteiger partial charge in [-0.05, 0) is 35.0 Å². The Balaban J connectivity index is 2.84. The Morgan fingerprint density at radius 1 is 1.75 bits per heavy atom. The standard InChI is InChI=1S/C8H11BrN2O/c1-6(8(12)10-2)11-5-3-4-7(11)9/h3-6H,1-2H3,(H,10,12)/t6-/m0/s1. The molecule has 0 saturated heterocycles. The van der Waals surface area contributed by atoms with E-state index < -0.39 is 0 Å². The van der Waals surface area contributed by atoms with Crippen LogP contribution < -0.4 is 5.32 Å². The van der Waals surface area contributed by atoms with Crippen LogP contribution in [0.4, 0.5) is 0 Å². The van der Waals surface area contributed by atoms with Crippen LogP contribution in [0.2, 0.25) is 0 Å². The zero-order chi connectivity index (χ0) is 9.14. The second-order valence-electron chi connectivity index (χ2n) is 2.53. The third-order valence-corrected chi connectivity index (χ3v) is 2.44. The van der Waals surface area contributed by atoms with Crippen molar-refractivity contribution in [2.75, 3.05) is 7.05 Å². The number of hydrogen-bond donors (Lipinski definition) is 1. The number of carbonyl (C=O) groups is 1. The fourth-order valence-electron chi connectivity index (χ4n) is 1.02. The van der Waals surface area contributed by atoms with E-state index in [2.05, 4.69) is 21.2 Å². The van der Waals surface area contributed by atoms with Crippen LogP contribution in [-0.4, -0.2) is 17.5 Å². The van der Waals surface area contributed by atoms with Gasteiger partial charge in [0.05, 0.1) is 4.60 Å². The molecule has 0 spiro atoms. The first-order valence-corrected chi connectivity index (χ1v) is 4.50. The van der Waals surface area contributed by atoms with Crippen molar-refractivity contribution in [1.82, 2.24) is 9.88 Å². The first-order chi connectivity index (χ1) is 5.66. The van der Waals surface area contributed by atoms with Gasteiger partial charge in [-0.1, -0.05) is 0 Å². The summed E-state index contributed by atoms with van der Waals surface area (Å²) in [6, 6.07) is 3.63. The molecule has 66 valence electrons. The zero-order valence-electron chi connectivity index (χ0n) is 7.04. The highest BCUT2D eigenvalue weighted by atomic mass is 79.9. The molecule has 4 heteroatoms. The molecule has 0 saturated carbocycles. The number of aromatic nitrogens is 1. The largest absolute Gasteiger partial charge is 0.357 e. The van der Waals surface area contributed by atoms with E-state index in [4.69, 9.17) is 0 Å². The molecular weight excluding hydrogens is 220 g/mol. The molecule has 0 radical (unpaired) electrons. The van der Waals surface area contributed by atoms with Crippen LogP contribution in [0, 0.1) is 0 Å². The minimum atomic E-state index is -0.167. The maximum atomic E-state index is 11.2. The molecule has 1 aromatic heterocycles. The van der Waals surface area contributed by atoms with E-state index in [0.29, 0.717) is 0 Å². The fraction of sp³-hybridized carbons (Fsp3) is 0.375. The highest BCUT2D eigenvalue weighted by molar-refractivity contribution is 9.10. The number of rotatable bonds is 2. The molecule has 1 atom stereocenters. The van der Waals surface area contributed by atoms with E-state index in [9.17, 15) is 4.79 Å². The summed E-state index contributed by atoms with van der Waals surface area (Å²) >= 11 is 3.35. The molecule has 12 heavy (non-hydrogen) atoms. The molecule has 3 nitrogen and oxygen atoms in total. The van der Waals surface area contributed by atoms with Gasteiger partial charge < -0.3 is 9.88 Å². The van der Waals surface area contributed by atoms with E-state index in [-0.39, 0.29) is 11.9 Å². The molecule has 1 heterocycles. The quantitative estimate of drug-likeness (QED) is 0.823. The Kier molecular flexibility index (Phi) is 2.92. The maximum Gasteiger partial charge on any atom is 0.242 e. The smallest absolute Gasteiger partial charge is 0.242 e. The van der Waals surface area contributed by atoms with Crippen LogP contribution in [0.5, 0.6) is 0 Å². The van der Waals surface area contributed by atoms with Gasteiger partial charge in [0.2, 0.25) is 5.91 Å². The fourth-order valence-corrected chi connectivity index (χ4v) is 1.60. The van der Waals surface area contributed by atoms with E-state index in [1.807, 2.05) is 29.8 Å². The van der Waals surface area contributed by atoms with Crippen molar-refractivity contribution < 1.29 is 4.79 Å². The van der Waals surface area contributed by atoms with E-state index >= 15 is 0 Å². The van der Waals surface area contributed by atoms with E-state index in [1.54, 1.807) is 7.05 Å². The van der Waals surface area contributed by atoms with Gasteiger partial charge in [0.15, 0.2) is 0 Å². The lowest BCUT2D eigenvalue weighted by Gasteiger charge is -2.12. The van der Waals surface area contributed by atoms with Gasteiger partial charge in [0, 0.05) is 13.2 Å². The summed E-state index contributed by atoms with van der Waals surface area (Å²) in [5, 5.41) is 2.60. The third-order valence-electron chi connectivity index (χ3n) is 1.77. The van der Waals surface area contributed by atoms with Crippen LogP contribution >= 0.6 is 15.9 Å². The van der Waals surface area contributed by atoms with Crippen molar-refractivity contribution in [1.29, 1.82) is 0 Å². The molecular formula is C8H11BrN2O. The van der Waals surface area contributed by atoms with Gasteiger partial charge in [-0.25, -0.2) is 0 Å². The third kappa shape index (κ3) is 1.69. The van der Waals surface area contributed by atoms with Crippen LogP contribution in [0.1, 0.15) is 13.0 Å². The van der Waals surface area contributed by atoms with Crippen molar-refractivity contribution in [3.8, 4) is 0 Å². The molecule has 0 aromatic carbocycles. The normalized spacial score (nSPS) is 12.6. The average Bonchev–Trinajstić information content (AvgIpc) is 2.48. The van der Waals surface area contributed by atoms with E-state index in [0.717, 1.165) is 4.60 Å². The Bertz CT molecular complexity index is 282. The van der Waals surface area contributed by atoms with Gasteiger partial charge in [0.25, 0.3) is 0 Å². The lowest BCUT2D eigenvalue weighted by molar-refractivity contribution is -0.123. The number of nitrogens with zero attached hydrogens (tertiary/aromatic N) is 1. The number of likely N-dealkylation sites (N-methyl/N-ethyl adjacent to an activating group) is 1. The molecule has 1 aromatic rings. The van der Waals surface area contributed by atoms with Crippen molar-refractivity contribution in [2.24, 2.45) is 0 Å². The summed E-state index contributed by atoms with van der Waals surface area (Å²) in [7, 11) is 1.64. The van der Waals surface area contributed by atoms with Crippen molar-refractivity contribution in [3.63, 3.8) is 0 Å². The van der Waals surface area contributed by atoms with Crippen LogP contribution in [-0.2, 0) is 4.79 Å². The monoisotopic (exact) mass is 230 g/mol. The Labute approximate surface area is 79.9 Å². The highest BCUT2D eigenvalue weighted by Gasteiger charge is 2.13. The Morgan fingerprint density at radius 2 is 2.42 bits per heavy atom. The minimum Gasteiger partial charge on any atom is -0.357 e. The maximum absolute atomic E-state index is 11.2. The predicted molar refractivity (Wildman–Crippen MR) is 50.9 cm³/mol. The molecule has 1 N–H and O–H groups in total. The van der Waals surface area contributed by atoms with Gasteiger partial charge in [-0.15, -0.1) is 0 Å². The summed E-state index contributed by atoms with van der Waals surface area (Å²) in [6.07, 6.45) is 1.87. The van der Waals surface area contributed by atoms with Crippen molar-refractivity contribution >= 4 is 21.8 Å². The minimum absolute atomic E-state index is 0.00639. The lowest BCUT2D eigenvalue weighted by atomic mass is 10.3. The zero-order valence-corrected chi connectivity index (χ0v) is 8.63. The van der Waals surface area contributed by atoms with Crippen LogP contribution in [0.15, 0.2) is 22.9 Å². The summed E-state index contributed by atoms with van der Waals surface area (Å²) in [6.45, 7) is 1.85. The number of nitrogens with one attached hydrogen (secondary N) is 1. The second kappa shape index (κ2) is 3.76. The highest BCUT2D eigenvalue weighted by Crippen LogP contribution is 2.16. The number of carbonyl (C=O) groups excluding carboxylic acids is 1. The molecule has 0 unspecified atom stereocenters. The number of amides is 1. The molecule has 0 bridgehead atoms. The SMILES string of the molecule is CNC(=O)[C@H](C)n1cccc1Br. The summed E-state index contributed by atoms with van der Waals surface area (Å²) in [4.78, 5) is 11.2. The van der Waals surface area contributed by atoms with Gasteiger partial charge in [0.1, 0.15) is 6.04 Å². The van der Waals surface area contributed by atoms with E-state index in [1.165, 1.54) is 0 Å². The summed E-state index contributed by atoms with van der Waals surface area (Å²) < 4.78 is 2.78. The lowest BCUT2D eigenvalue weighted by Crippen LogP contribution is -2.27. The summed E-state index contributed by atoms with van der Waals surface area (Å²) in [5.41, 5.74) is 0. The molecule has 0 aliphatic carbocycles. The van der Waals surface area contributed by atoms with Crippen molar-refractivity contribution in [2.45, 2.75) is 13.0 Å². The Hall–Kier alpha value is -0.770. The Morgan fingerprint density at radius 3 is 2.83 bits per heavy atom. The molecule has 1 rings (SSSR count). The average molecular weight is 231 g/mol. The number of hydrogen-bond acceptors (Lipinski definition) is 1. The van der Waals surface area contributed by atoms with Gasteiger partial charge in [-0.2, -0.15) is 0 Å². The molecule has 0 aliphatic rings. The topological polar surface area (TPSA) is 34.0 Å².